The topological polar surface area (TPSA) is 15.3 Å². The van der Waals surface area contributed by atoms with Gasteiger partial charge in [-0.15, -0.1) is 0 Å². The van der Waals surface area contributed by atoms with Crippen LogP contribution in [0.1, 0.15) is 18.9 Å². The standard InChI is InChI=1S/C13H20F2N2/c1-3-7-17(8-6-16-2)10-11-4-5-12(14)13(15)9-11/h4-5,9,16H,3,6-8,10H2,1-2H3. The van der Waals surface area contributed by atoms with Crippen LogP contribution in [0.4, 0.5) is 8.78 Å². The van der Waals surface area contributed by atoms with E-state index in [1.807, 2.05) is 7.05 Å². The average molecular weight is 242 g/mol. The lowest BCUT2D eigenvalue weighted by atomic mass is 10.2. The fraction of sp³-hybridized carbons (Fsp3) is 0.538. The largest absolute Gasteiger partial charge is 0.318 e. The van der Waals surface area contributed by atoms with E-state index in [0.717, 1.165) is 31.6 Å². The summed E-state index contributed by atoms with van der Waals surface area (Å²) in [6, 6.07) is 4.10. The molecule has 0 saturated carbocycles. The van der Waals surface area contributed by atoms with Gasteiger partial charge < -0.3 is 5.32 Å². The highest BCUT2D eigenvalue weighted by Crippen LogP contribution is 2.11. The van der Waals surface area contributed by atoms with Gasteiger partial charge in [-0.2, -0.15) is 0 Å². The molecule has 0 aliphatic rings. The number of nitrogens with zero attached hydrogens (tertiary/aromatic N) is 1. The van der Waals surface area contributed by atoms with Crippen LogP contribution in [0.15, 0.2) is 18.2 Å². The molecular weight excluding hydrogens is 222 g/mol. The molecule has 0 unspecified atom stereocenters. The van der Waals surface area contributed by atoms with Gasteiger partial charge in [0.2, 0.25) is 0 Å². The van der Waals surface area contributed by atoms with Gasteiger partial charge in [-0.3, -0.25) is 4.90 Å². The Kier molecular flexibility index (Phi) is 6.08. The second kappa shape index (κ2) is 7.35. The number of rotatable bonds is 7. The molecule has 4 heteroatoms. The van der Waals surface area contributed by atoms with E-state index in [4.69, 9.17) is 0 Å². The normalized spacial score (nSPS) is 11.1. The van der Waals surface area contributed by atoms with Crippen LogP contribution in [0.25, 0.3) is 0 Å². The van der Waals surface area contributed by atoms with Crippen molar-refractivity contribution in [2.75, 3.05) is 26.7 Å². The van der Waals surface area contributed by atoms with Crippen LogP contribution >= 0.6 is 0 Å². The highest BCUT2D eigenvalue weighted by Gasteiger charge is 2.07. The van der Waals surface area contributed by atoms with Crippen LogP contribution in [0.5, 0.6) is 0 Å². The number of hydrogen-bond donors (Lipinski definition) is 1. The molecule has 0 aromatic heterocycles. The molecule has 0 saturated heterocycles. The van der Waals surface area contributed by atoms with Crippen LogP contribution in [0.2, 0.25) is 0 Å². The van der Waals surface area contributed by atoms with E-state index in [0.29, 0.717) is 6.54 Å². The van der Waals surface area contributed by atoms with Crippen LogP contribution in [0, 0.1) is 11.6 Å². The molecule has 0 spiro atoms. The summed E-state index contributed by atoms with van der Waals surface area (Å²) in [5.41, 5.74) is 0.813. The van der Waals surface area contributed by atoms with Crippen LogP contribution in [0.3, 0.4) is 0 Å². The summed E-state index contributed by atoms with van der Waals surface area (Å²) in [5, 5.41) is 3.09. The van der Waals surface area contributed by atoms with Gasteiger partial charge in [0.15, 0.2) is 11.6 Å². The van der Waals surface area contributed by atoms with Gasteiger partial charge in [0.1, 0.15) is 0 Å². The third-order valence-corrected chi connectivity index (χ3v) is 2.61. The zero-order valence-electron chi connectivity index (χ0n) is 10.5. The van der Waals surface area contributed by atoms with Gasteiger partial charge in [-0.25, -0.2) is 8.78 Å². The third kappa shape index (κ3) is 4.79. The Bertz CT molecular complexity index is 342. The van der Waals surface area contributed by atoms with Crippen molar-refractivity contribution in [3.63, 3.8) is 0 Å². The van der Waals surface area contributed by atoms with E-state index in [2.05, 4.69) is 17.1 Å². The predicted octanol–water partition coefficient (Wildman–Crippen LogP) is 2.40. The summed E-state index contributed by atoms with van der Waals surface area (Å²) in [6.07, 6.45) is 1.05. The molecule has 17 heavy (non-hydrogen) atoms. The molecule has 0 amide bonds. The number of likely N-dealkylation sites (N-methyl/N-ethyl adjacent to an activating group) is 1. The van der Waals surface area contributed by atoms with E-state index >= 15 is 0 Å². The molecule has 1 aromatic carbocycles. The molecule has 96 valence electrons. The SMILES string of the molecule is CCCN(CCNC)Cc1ccc(F)c(F)c1. The van der Waals surface area contributed by atoms with Crippen LogP contribution in [-0.2, 0) is 6.54 Å². The fourth-order valence-corrected chi connectivity index (χ4v) is 1.75. The van der Waals surface area contributed by atoms with Crippen LogP contribution in [-0.4, -0.2) is 31.6 Å². The molecule has 0 aliphatic carbocycles. The highest BCUT2D eigenvalue weighted by molar-refractivity contribution is 5.17. The van der Waals surface area contributed by atoms with Gasteiger partial charge >= 0.3 is 0 Å². The number of halogens is 2. The minimum absolute atomic E-state index is 0.659. The lowest BCUT2D eigenvalue weighted by molar-refractivity contribution is 0.267. The Balaban J connectivity index is 2.61. The Hall–Kier alpha value is -1.00. The zero-order valence-corrected chi connectivity index (χ0v) is 10.5. The molecule has 0 bridgehead atoms. The van der Waals surface area contributed by atoms with Crippen molar-refractivity contribution in [3.05, 3.63) is 35.4 Å². The minimum atomic E-state index is -0.786. The summed E-state index contributed by atoms with van der Waals surface area (Å²) < 4.78 is 25.8. The Morgan fingerprint density at radius 1 is 1.18 bits per heavy atom. The highest BCUT2D eigenvalue weighted by atomic mass is 19.2. The van der Waals surface area contributed by atoms with Crippen LogP contribution < -0.4 is 5.32 Å². The fourth-order valence-electron chi connectivity index (χ4n) is 1.75. The van der Waals surface area contributed by atoms with Crippen molar-refractivity contribution in [1.82, 2.24) is 10.2 Å². The lowest BCUT2D eigenvalue weighted by Gasteiger charge is -2.21. The van der Waals surface area contributed by atoms with Gasteiger partial charge in [0.05, 0.1) is 0 Å². The predicted molar refractivity (Wildman–Crippen MR) is 65.9 cm³/mol. The molecule has 1 aromatic rings. The Labute approximate surface area is 102 Å². The first-order valence-corrected chi connectivity index (χ1v) is 5.98. The van der Waals surface area contributed by atoms with Crippen molar-refractivity contribution >= 4 is 0 Å². The van der Waals surface area contributed by atoms with Gasteiger partial charge in [-0.05, 0) is 37.7 Å². The summed E-state index contributed by atoms with van der Waals surface area (Å²) in [7, 11) is 1.90. The molecule has 0 heterocycles. The van der Waals surface area contributed by atoms with E-state index in [9.17, 15) is 8.78 Å². The maximum atomic E-state index is 13.1. The summed E-state index contributed by atoms with van der Waals surface area (Å²) in [5.74, 6) is -1.56. The average Bonchev–Trinajstić information content (AvgIpc) is 2.31. The monoisotopic (exact) mass is 242 g/mol. The van der Waals surface area contributed by atoms with E-state index in [-0.39, 0.29) is 0 Å². The number of nitrogens with one attached hydrogen (secondary N) is 1. The van der Waals surface area contributed by atoms with Gasteiger partial charge in [0, 0.05) is 19.6 Å². The number of hydrogen-bond acceptors (Lipinski definition) is 2. The van der Waals surface area contributed by atoms with Gasteiger partial charge in [-0.1, -0.05) is 13.0 Å². The minimum Gasteiger partial charge on any atom is -0.318 e. The third-order valence-electron chi connectivity index (χ3n) is 2.61. The van der Waals surface area contributed by atoms with Crippen molar-refractivity contribution in [2.45, 2.75) is 19.9 Å². The first-order chi connectivity index (χ1) is 8.17. The first kappa shape index (κ1) is 14.1. The summed E-state index contributed by atoms with van der Waals surface area (Å²) in [4.78, 5) is 2.23. The molecule has 0 fully saturated rings. The second-order valence-corrected chi connectivity index (χ2v) is 4.13. The zero-order chi connectivity index (χ0) is 12.7. The quantitative estimate of drug-likeness (QED) is 0.790. The van der Waals surface area contributed by atoms with Crippen molar-refractivity contribution in [2.24, 2.45) is 0 Å². The summed E-state index contributed by atoms with van der Waals surface area (Å²) >= 11 is 0. The molecule has 1 N–H and O–H groups in total. The first-order valence-electron chi connectivity index (χ1n) is 5.98. The number of benzene rings is 1. The lowest BCUT2D eigenvalue weighted by Crippen LogP contribution is -2.31. The van der Waals surface area contributed by atoms with Crippen molar-refractivity contribution < 1.29 is 8.78 Å². The van der Waals surface area contributed by atoms with E-state index < -0.39 is 11.6 Å². The Morgan fingerprint density at radius 3 is 2.53 bits per heavy atom. The molecule has 0 radical (unpaired) electrons. The second-order valence-electron chi connectivity index (χ2n) is 4.13. The van der Waals surface area contributed by atoms with Crippen molar-refractivity contribution in [1.29, 1.82) is 0 Å². The molecule has 0 atom stereocenters. The molecule has 0 aliphatic heterocycles. The Morgan fingerprint density at radius 2 is 1.94 bits per heavy atom. The molecular formula is C13H20F2N2. The van der Waals surface area contributed by atoms with E-state index in [1.54, 1.807) is 6.07 Å². The maximum absolute atomic E-state index is 13.1. The van der Waals surface area contributed by atoms with E-state index in [1.165, 1.54) is 12.1 Å². The molecule has 1 rings (SSSR count). The maximum Gasteiger partial charge on any atom is 0.159 e. The molecule has 2 nitrogen and oxygen atoms in total. The van der Waals surface area contributed by atoms with Gasteiger partial charge in [0.25, 0.3) is 0 Å². The summed E-state index contributed by atoms with van der Waals surface area (Å²) in [6.45, 7) is 5.53. The smallest absolute Gasteiger partial charge is 0.159 e. The van der Waals surface area contributed by atoms with Crippen molar-refractivity contribution in [3.8, 4) is 0 Å².